The summed E-state index contributed by atoms with van der Waals surface area (Å²) < 4.78 is 26.4. The molecule has 1 aromatic heterocycles. The van der Waals surface area contributed by atoms with E-state index in [9.17, 15) is 13.5 Å². The van der Waals surface area contributed by atoms with Gasteiger partial charge in [-0.25, -0.2) is 13.4 Å². The predicted octanol–water partition coefficient (Wildman–Crippen LogP) is -0.559. The molecule has 1 fully saturated rings. The molecule has 0 aliphatic carbocycles. The number of aryl methyl sites for hydroxylation is 1. The van der Waals surface area contributed by atoms with Gasteiger partial charge in [0.1, 0.15) is 4.90 Å². The first kappa shape index (κ1) is 15.5. The number of nitrogens with one attached hydrogen (secondary N) is 1. The minimum Gasteiger partial charge on any atom is -0.390 e. The van der Waals surface area contributed by atoms with Gasteiger partial charge in [0.25, 0.3) is 10.0 Å². The molecule has 114 valence electrons. The summed E-state index contributed by atoms with van der Waals surface area (Å²) in [5, 5.41) is 10.9. The van der Waals surface area contributed by atoms with Gasteiger partial charge < -0.3 is 14.6 Å². The van der Waals surface area contributed by atoms with Crippen LogP contribution in [0.3, 0.4) is 0 Å². The SMILES string of the molecule is CCn1cc(S(=O)(=O)NN2CCN(C)CC2)cc1CO. The molecule has 0 atom stereocenters. The van der Waals surface area contributed by atoms with Crippen LogP contribution in [0.2, 0.25) is 0 Å². The number of hydrazine groups is 1. The quantitative estimate of drug-likeness (QED) is 0.762. The van der Waals surface area contributed by atoms with E-state index in [-0.39, 0.29) is 11.5 Å². The molecule has 0 amide bonds. The summed E-state index contributed by atoms with van der Waals surface area (Å²) in [6, 6.07) is 1.52. The van der Waals surface area contributed by atoms with Crippen molar-refractivity contribution in [3.8, 4) is 0 Å². The summed E-state index contributed by atoms with van der Waals surface area (Å²) in [7, 11) is -1.56. The second-order valence-corrected chi connectivity index (χ2v) is 6.66. The van der Waals surface area contributed by atoms with Crippen LogP contribution in [0.5, 0.6) is 0 Å². The summed E-state index contributed by atoms with van der Waals surface area (Å²) in [5.74, 6) is 0. The van der Waals surface area contributed by atoms with Gasteiger partial charge in [0.15, 0.2) is 0 Å². The minimum absolute atomic E-state index is 0.169. The highest BCUT2D eigenvalue weighted by atomic mass is 32.2. The molecule has 0 spiro atoms. The fourth-order valence-corrected chi connectivity index (χ4v) is 3.40. The lowest BCUT2D eigenvalue weighted by molar-refractivity contribution is 0.135. The monoisotopic (exact) mass is 302 g/mol. The highest BCUT2D eigenvalue weighted by Crippen LogP contribution is 2.15. The van der Waals surface area contributed by atoms with E-state index in [0.717, 1.165) is 13.1 Å². The number of likely N-dealkylation sites (N-methyl/N-ethyl adjacent to an activating group) is 1. The van der Waals surface area contributed by atoms with Gasteiger partial charge in [-0.2, -0.15) is 0 Å². The third-order valence-electron chi connectivity index (χ3n) is 3.53. The first-order valence-corrected chi connectivity index (χ1v) is 8.20. The van der Waals surface area contributed by atoms with E-state index in [1.165, 1.54) is 6.07 Å². The number of hydrogen-bond acceptors (Lipinski definition) is 5. The van der Waals surface area contributed by atoms with Crippen LogP contribution in [0.4, 0.5) is 0 Å². The number of piperazine rings is 1. The van der Waals surface area contributed by atoms with E-state index in [0.29, 0.717) is 25.3 Å². The van der Waals surface area contributed by atoms with Gasteiger partial charge in [0.2, 0.25) is 0 Å². The van der Waals surface area contributed by atoms with Crippen LogP contribution in [-0.4, -0.2) is 61.2 Å². The van der Waals surface area contributed by atoms with Crippen LogP contribution in [0, 0.1) is 0 Å². The van der Waals surface area contributed by atoms with Crippen molar-refractivity contribution in [3.05, 3.63) is 18.0 Å². The van der Waals surface area contributed by atoms with E-state index in [2.05, 4.69) is 9.73 Å². The zero-order chi connectivity index (χ0) is 14.8. The van der Waals surface area contributed by atoms with E-state index >= 15 is 0 Å². The van der Waals surface area contributed by atoms with Crippen molar-refractivity contribution in [2.24, 2.45) is 0 Å². The topological polar surface area (TPSA) is 77.8 Å². The average molecular weight is 302 g/mol. The largest absolute Gasteiger partial charge is 0.390 e. The molecule has 0 aromatic carbocycles. The molecular weight excluding hydrogens is 280 g/mol. The first-order valence-electron chi connectivity index (χ1n) is 6.72. The normalized spacial score (nSPS) is 18.6. The van der Waals surface area contributed by atoms with Gasteiger partial charge >= 0.3 is 0 Å². The molecule has 1 aromatic rings. The molecule has 1 aliphatic rings. The number of aromatic nitrogens is 1. The van der Waals surface area contributed by atoms with Crippen LogP contribution < -0.4 is 4.83 Å². The Morgan fingerprint density at radius 1 is 1.30 bits per heavy atom. The Morgan fingerprint density at radius 2 is 1.95 bits per heavy atom. The maximum Gasteiger partial charge on any atom is 0.254 e. The molecule has 0 radical (unpaired) electrons. The van der Waals surface area contributed by atoms with Crippen molar-refractivity contribution in [2.75, 3.05) is 33.2 Å². The van der Waals surface area contributed by atoms with Gasteiger partial charge in [0.05, 0.1) is 6.61 Å². The zero-order valence-electron chi connectivity index (χ0n) is 11.9. The molecular formula is C12H22N4O3S. The summed E-state index contributed by atoms with van der Waals surface area (Å²) in [6.07, 6.45) is 1.56. The number of aliphatic hydroxyl groups is 1. The fraction of sp³-hybridized carbons (Fsp3) is 0.667. The van der Waals surface area contributed by atoms with Crippen molar-refractivity contribution in [3.63, 3.8) is 0 Å². The van der Waals surface area contributed by atoms with Gasteiger partial charge in [-0.15, -0.1) is 4.83 Å². The Bertz CT molecular complexity index is 526. The van der Waals surface area contributed by atoms with Crippen LogP contribution in [0.15, 0.2) is 17.2 Å². The molecule has 7 nitrogen and oxygen atoms in total. The second kappa shape index (κ2) is 6.23. The highest BCUT2D eigenvalue weighted by Gasteiger charge is 2.23. The van der Waals surface area contributed by atoms with E-state index in [4.69, 9.17) is 0 Å². The summed E-state index contributed by atoms with van der Waals surface area (Å²) >= 11 is 0. The molecule has 2 N–H and O–H groups in total. The molecule has 2 heterocycles. The predicted molar refractivity (Wildman–Crippen MR) is 75.4 cm³/mol. The van der Waals surface area contributed by atoms with Crippen molar-refractivity contribution < 1.29 is 13.5 Å². The van der Waals surface area contributed by atoms with Gasteiger partial charge in [-0.3, -0.25) is 0 Å². The summed E-state index contributed by atoms with van der Waals surface area (Å²) in [6.45, 7) is 5.36. The highest BCUT2D eigenvalue weighted by molar-refractivity contribution is 7.89. The maximum absolute atomic E-state index is 12.3. The number of aliphatic hydroxyl groups excluding tert-OH is 1. The Labute approximate surface area is 119 Å². The van der Waals surface area contributed by atoms with Crippen molar-refractivity contribution >= 4 is 10.0 Å². The van der Waals surface area contributed by atoms with Gasteiger partial charge in [-0.05, 0) is 20.0 Å². The second-order valence-electron chi connectivity index (χ2n) is 5.00. The van der Waals surface area contributed by atoms with Gasteiger partial charge in [0, 0.05) is 44.6 Å². The minimum atomic E-state index is -3.57. The van der Waals surface area contributed by atoms with E-state index < -0.39 is 10.0 Å². The van der Waals surface area contributed by atoms with E-state index in [1.807, 2.05) is 14.0 Å². The number of hydrogen-bond donors (Lipinski definition) is 2. The summed E-state index contributed by atoms with van der Waals surface area (Å²) in [4.78, 5) is 4.96. The number of nitrogens with zero attached hydrogens (tertiary/aromatic N) is 3. The summed E-state index contributed by atoms with van der Waals surface area (Å²) in [5.41, 5.74) is 0.603. The molecule has 2 rings (SSSR count). The van der Waals surface area contributed by atoms with Crippen molar-refractivity contribution in [1.82, 2.24) is 19.3 Å². The lowest BCUT2D eigenvalue weighted by atomic mass is 10.4. The Morgan fingerprint density at radius 3 is 2.45 bits per heavy atom. The average Bonchev–Trinajstić information content (AvgIpc) is 2.85. The zero-order valence-corrected chi connectivity index (χ0v) is 12.7. The number of rotatable bonds is 5. The molecule has 1 saturated heterocycles. The van der Waals surface area contributed by atoms with Crippen LogP contribution in [0.25, 0.3) is 0 Å². The molecule has 0 saturated carbocycles. The van der Waals surface area contributed by atoms with Gasteiger partial charge in [-0.1, -0.05) is 0 Å². The standard InChI is InChI=1S/C12H22N4O3S/c1-3-15-9-12(8-11(15)10-17)20(18,19)13-16-6-4-14(2)5-7-16/h8-9,13,17H,3-7,10H2,1-2H3. The first-order chi connectivity index (χ1) is 9.46. The molecule has 8 heteroatoms. The molecule has 0 bridgehead atoms. The van der Waals surface area contributed by atoms with E-state index in [1.54, 1.807) is 15.8 Å². The lowest BCUT2D eigenvalue weighted by Gasteiger charge is -2.31. The molecule has 0 unspecified atom stereocenters. The Kier molecular flexibility index (Phi) is 4.82. The van der Waals surface area contributed by atoms with Crippen LogP contribution in [0.1, 0.15) is 12.6 Å². The third kappa shape index (κ3) is 3.39. The van der Waals surface area contributed by atoms with Crippen molar-refractivity contribution in [2.45, 2.75) is 25.0 Å². The fourth-order valence-electron chi connectivity index (χ4n) is 2.22. The third-order valence-corrected chi connectivity index (χ3v) is 4.87. The Balaban J connectivity index is 2.12. The van der Waals surface area contributed by atoms with Crippen LogP contribution >= 0.6 is 0 Å². The Hall–Kier alpha value is -0.930. The number of sulfonamides is 1. The van der Waals surface area contributed by atoms with Crippen LogP contribution in [-0.2, 0) is 23.2 Å². The molecule has 1 aliphatic heterocycles. The smallest absolute Gasteiger partial charge is 0.254 e. The molecule has 20 heavy (non-hydrogen) atoms. The lowest BCUT2D eigenvalue weighted by Crippen LogP contribution is -2.52. The van der Waals surface area contributed by atoms with Crippen molar-refractivity contribution in [1.29, 1.82) is 0 Å². The maximum atomic E-state index is 12.3.